The van der Waals surface area contributed by atoms with E-state index in [0.29, 0.717) is 0 Å². The lowest BCUT2D eigenvalue weighted by Gasteiger charge is -2.37. The highest BCUT2D eigenvalue weighted by Gasteiger charge is 2.24. The number of ether oxygens (including phenoxy) is 1. The number of hydrogen-bond donors (Lipinski definition) is 0. The fraction of sp³-hybridized carbons (Fsp3) is 0.296. The van der Waals surface area contributed by atoms with Gasteiger partial charge in [0.2, 0.25) is 0 Å². The molecular formula is C27H30N2O2S. The van der Waals surface area contributed by atoms with E-state index in [-0.39, 0.29) is 5.91 Å². The summed E-state index contributed by atoms with van der Waals surface area (Å²) in [4.78, 5) is 18.8. The van der Waals surface area contributed by atoms with Crippen molar-refractivity contribution in [2.75, 3.05) is 38.2 Å². The summed E-state index contributed by atoms with van der Waals surface area (Å²) in [6, 6.07) is 22.5. The minimum Gasteiger partial charge on any atom is -0.496 e. The van der Waals surface area contributed by atoms with Gasteiger partial charge in [0.1, 0.15) is 5.75 Å². The first kappa shape index (κ1) is 22.3. The van der Waals surface area contributed by atoms with Gasteiger partial charge in [-0.3, -0.25) is 4.79 Å². The predicted octanol–water partition coefficient (Wildman–Crippen LogP) is 5.57. The maximum atomic E-state index is 13.2. The Morgan fingerprint density at radius 3 is 2.41 bits per heavy atom. The normalized spacial score (nSPS) is 13.8. The zero-order chi connectivity index (χ0) is 22.5. The molecule has 0 radical (unpaired) electrons. The molecule has 0 bridgehead atoms. The van der Waals surface area contributed by atoms with Crippen LogP contribution >= 0.6 is 11.8 Å². The molecule has 1 heterocycles. The van der Waals surface area contributed by atoms with Gasteiger partial charge in [0.15, 0.2) is 0 Å². The maximum Gasteiger partial charge on any atom is 0.253 e. The van der Waals surface area contributed by atoms with Gasteiger partial charge in [-0.25, -0.2) is 0 Å². The van der Waals surface area contributed by atoms with Gasteiger partial charge in [-0.1, -0.05) is 30.3 Å². The van der Waals surface area contributed by atoms with Gasteiger partial charge in [-0.2, -0.15) is 0 Å². The number of carbonyl (C=O) groups is 1. The van der Waals surface area contributed by atoms with Crippen molar-refractivity contribution in [2.45, 2.75) is 24.5 Å². The number of amides is 1. The van der Waals surface area contributed by atoms with Gasteiger partial charge < -0.3 is 14.5 Å². The third-order valence-electron chi connectivity index (χ3n) is 6.15. The minimum atomic E-state index is 0.0965. The van der Waals surface area contributed by atoms with Gasteiger partial charge in [-0.15, -0.1) is 11.8 Å². The Kier molecular flexibility index (Phi) is 7.05. The molecule has 1 fully saturated rings. The highest BCUT2D eigenvalue weighted by atomic mass is 32.2. The number of anilines is 1. The van der Waals surface area contributed by atoms with E-state index < -0.39 is 0 Å². The molecule has 5 heteroatoms. The Balaban J connectivity index is 1.43. The fourth-order valence-electron chi connectivity index (χ4n) is 4.11. The van der Waals surface area contributed by atoms with Gasteiger partial charge >= 0.3 is 0 Å². The van der Waals surface area contributed by atoms with Crippen LogP contribution in [0.5, 0.6) is 5.75 Å². The molecule has 1 amide bonds. The molecule has 0 unspecified atom stereocenters. The molecule has 0 saturated carbocycles. The number of rotatable bonds is 6. The summed E-state index contributed by atoms with van der Waals surface area (Å²) in [6.45, 7) is 7.48. The summed E-state index contributed by atoms with van der Waals surface area (Å²) in [7, 11) is 1.68. The van der Waals surface area contributed by atoms with Crippen molar-refractivity contribution < 1.29 is 9.53 Å². The largest absolute Gasteiger partial charge is 0.496 e. The van der Waals surface area contributed by atoms with Crippen LogP contribution in [-0.4, -0.2) is 44.1 Å². The zero-order valence-corrected chi connectivity index (χ0v) is 19.8. The van der Waals surface area contributed by atoms with E-state index in [1.54, 1.807) is 18.9 Å². The number of aryl methyl sites for hydroxylation is 1. The predicted molar refractivity (Wildman–Crippen MR) is 133 cm³/mol. The smallest absolute Gasteiger partial charge is 0.253 e. The van der Waals surface area contributed by atoms with E-state index in [4.69, 9.17) is 4.74 Å². The summed E-state index contributed by atoms with van der Waals surface area (Å²) in [5.41, 5.74) is 5.68. The number of methoxy groups -OCH3 is 1. The summed E-state index contributed by atoms with van der Waals surface area (Å²) in [5, 5.41) is 0. The molecular weight excluding hydrogens is 416 g/mol. The van der Waals surface area contributed by atoms with Gasteiger partial charge in [0, 0.05) is 53.6 Å². The molecule has 1 saturated heterocycles. The summed E-state index contributed by atoms with van der Waals surface area (Å²) < 4.78 is 5.55. The third kappa shape index (κ3) is 4.94. The first-order chi connectivity index (χ1) is 15.6. The standard InChI is InChI=1S/C27H30N2O2S/c1-20-8-7-11-25(21(20)2)28-14-16-29(17-15-28)27(30)22-12-13-26(31-3)23(18-22)19-32-24-9-5-4-6-10-24/h4-13,18H,14-17,19H2,1-3H3. The second-order valence-corrected chi connectivity index (χ2v) is 9.18. The Labute approximate surface area is 195 Å². The highest BCUT2D eigenvalue weighted by molar-refractivity contribution is 7.98. The number of nitrogens with zero attached hydrogens (tertiary/aromatic N) is 2. The molecule has 4 rings (SSSR count). The molecule has 0 spiro atoms. The SMILES string of the molecule is COc1ccc(C(=O)N2CCN(c3cccc(C)c3C)CC2)cc1CSc1ccccc1. The summed E-state index contributed by atoms with van der Waals surface area (Å²) >= 11 is 1.75. The second-order valence-electron chi connectivity index (χ2n) is 8.13. The average Bonchev–Trinajstić information content (AvgIpc) is 2.84. The van der Waals surface area contributed by atoms with Crippen LogP contribution in [-0.2, 0) is 5.75 Å². The van der Waals surface area contributed by atoms with E-state index in [0.717, 1.165) is 48.8 Å². The van der Waals surface area contributed by atoms with Crippen LogP contribution in [0.15, 0.2) is 71.6 Å². The number of piperazine rings is 1. The van der Waals surface area contributed by atoms with Crippen molar-refractivity contribution in [1.82, 2.24) is 4.90 Å². The Morgan fingerprint density at radius 1 is 0.938 bits per heavy atom. The Bertz CT molecular complexity index is 1080. The van der Waals surface area contributed by atoms with Crippen LogP contribution in [0.4, 0.5) is 5.69 Å². The average molecular weight is 447 g/mol. The molecule has 4 nitrogen and oxygen atoms in total. The number of thioether (sulfide) groups is 1. The van der Waals surface area contributed by atoms with Crippen molar-refractivity contribution >= 4 is 23.4 Å². The second kappa shape index (κ2) is 10.1. The molecule has 32 heavy (non-hydrogen) atoms. The number of hydrogen-bond acceptors (Lipinski definition) is 4. The molecule has 1 aliphatic heterocycles. The molecule has 0 aliphatic carbocycles. The Hall–Kier alpha value is -2.92. The molecule has 166 valence electrons. The van der Waals surface area contributed by atoms with Gasteiger partial charge in [0.25, 0.3) is 5.91 Å². The number of carbonyl (C=O) groups excluding carboxylic acids is 1. The van der Waals surface area contributed by atoms with Crippen molar-refractivity contribution in [3.63, 3.8) is 0 Å². The first-order valence-corrected chi connectivity index (χ1v) is 12.0. The van der Waals surface area contributed by atoms with E-state index in [2.05, 4.69) is 49.1 Å². The van der Waals surface area contributed by atoms with Crippen molar-refractivity contribution in [2.24, 2.45) is 0 Å². The maximum absolute atomic E-state index is 13.2. The van der Waals surface area contributed by atoms with Gasteiger partial charge in [0.05, 0.1) is 7.11 Å². The van der Waals surface area contributed by atoms with Crippen LogP contribution in [0.25, 0.3) is 0 Å². The Morgan fingerprint density at radius 2 is 1.69 bits per heavy atom. The summed E-state index contributed by atoms with van der Waals surface area (Å²) in [5.74, 6) is 1.68. The van der Waals surface area contributed by atoms with Crippen LogP contribution in [0.2, 0.25) is 0 Å². The van der Waals surface area contributed by atoms with E-state index >= 15 is 0 Å². The molecule has 0 atom stereocenters. The van der Waals surface area contributed by atoms with Crippen LogP contribution in [0.1, 0.15) is 27.0 Å². The summed E-state index contributed by atoms with van der Waals surface area (Å²) in [6.07, 6.45) is 0. The van der Waals surface area contributed by atoms with Crippen molar-refractivity contribution in [3.05, 3.63) is 89.0 Å². The third-order valence-corrected chi connectivity index (χ3v) is 7.21. The van der Waals surface area contributed by atoms with E-state index in [1.807, 2.05) is 41.3 Å². The molecule has 1 aliphatic rings. The van der Waals surface area contributed by atoms with Crippen LogP contribution in [0, 0.1) is 13.8 Å². The minimum absolute atomic E-state index is 0.0965. The van der Waals surface area contributed by atoms with Crippen LogP contribution < -0.4 is 9.64 Å². The molecule has 0 N–H and O–H groups in total. The quantitative estimate of drug-likeness (QED) is 0.464. The zero-order valence-electron chi connectivity index (χ0n) is 19.0. The lowest BCUT2D eigenvalue weighted by molar-refractivity contribution is 0.0746. The highest BCUT2D eigenvalue weighted by Crippen LogP contribution is 2.29. The monoisotopic (exact) mass is 446 g/mol. The van der Waals surface area contributed by atoms with E-state index in [9.17, 15) is 4.79 Å². The topological polar surface area (TPSA) is 32.8 Å². The van der Waals surface area contributed by atoms with E-state index in [1.165, 1.54) is 21.7 Å². The molecule has 0 aromatic heterocycles. The van der Waals surface area contributed by atoms with Crippen molar-refractivity contribution in [1.29, 1.82) is 0 Å². The lowest BCUT2D eigenvalue weighted by Crippen LogP contribution is -2.49. The van der Waals surface area contributed by atoms with Crippen molar-refractivity contribution in [3.8, 4) is 5.75 Å². The molecule has 3 aromatic rings. The fourth-order valence-corrected chi connectivity index (χ4v) is 5.01. The first-order valence-electron chi connectivity index (χ1n) is 11.0. The molecule has 3 aromatic carbocycles. The van der Waals surface area contributed by atoms with Gasteiger partial charge in [-0.05, 0) is 61.4 Å². The number of benzene rings is 3. The lowest BCUT2D eigenvalue weighted by atomic mass is 10.1. The van der Waals surface area contributed by atoms with Crippen LogP contribution in [0.3, 0.4) is 0 Å².